The van der Waals surface area contributed by atoms with Crippen LogP contribution in [0, 0.1) is 11.6 Å². The van der Waals surface area contributed by atoms with Crippen molar-refractivity contribution in [1.82, 2.24) is 14.9 Å². The summed E-state index contributed by atoms with van der Waals surface area (Å²) in [6, 6.07) is 30.0. The predicted molar refractivity (Wildman–Crippen MR) is 188 cm³/mol. The van der Waals surface area contributed by atoms with E-state index in [1.54, 1.807) is 43.8 Å². The van der Waals surface area contributed by atoms with Crippen molar-refractivity contribution in [2.24, 2.45) is 0 Å². The molecule has 1 fully saturated rings. The molecule has 0 spiro atoms. The molecule has 6 rings (SSSR count). The minimum absolute atomic E-state index is 0. The first-order valence-electron chi connectivity index (χ1n) is 14.6. The number of anilines is 1. The number of pyridine rings is 2. The summed E-state index contributed by atoms with van der Waals surface area (Å²) >= 11 is 0. The van der Waals surface area contributed by atoms with Gasteiger partial charge in [0.1, 0.15) is 17.4 Å². The van der Waals surface area contributed by atoms with Gasteiger partial charge in [-0.3, -0.25) is 14.9 Å². The van der Waals surface area contributed by atoms with E-state index >= 15 is 0 Å². The number of methoxy groups -OCH3 is 1. The lowest BCUT2D eigenvalue weighted by Gasteiger charge is -2.40. The molecule has 0 atom stereocenters. The average molecular weight is 686 g/mol. The third-order valence-electron chi connectivity index (χ3n) is 8.11. The van der Waals surface area contributed by atoms with Gasteiger partial charge in [-0.25, -0.2) is 8.78 Å². The maximum atomic E-state index is 14.5. The Balaban J connectivity index is 0.00000192. The molecule has 0 N–H and O–H groups in total. The monoisotopic (exact) mass is 684 g/mol. The topological polar surface area (TPSA) is 41.5 Å². The summed E-state index contributed by atoms with van der Waals surface area (Å²) in [7, 11) is 1.67. The molecule has 1 aliphatic rings. The van der Waals surface area contributed by atoms with Crippen LogP contribution in [-0.2, 0) is 13.1 Å². The summed E-state index contributed by atoms with van der Waals surface area (Å²) in [5, 5.41) is 0. The van der Waals surface area contributed by atoms with Gasteiger partial charge in [0.2, 0.25) is 0 Å². The van der Waals surface area contributed by atoms with Crippen molar-refractivity contribution in [3.05, 3.63) is 132 Å². The molecule has 46 heavy (non-hydrogen) atoms. The number of piperidine rings is 1. The van der Waals surface area contributed by atoms with E-state index in [-0.39, 0.29) is 48.9 Å². The normalized spacial score (nSPS) is 13.1. The van der Waals surface area contributed by atoms with Gasteiger partial charge < -0.3 is 9.64 Å². The van der Waals surface area contributed by atoms with E-state index in [0.717, 1.165) is 55.0 Å². The summed E-state index contributed by atoms with van der Waals surface area (Å²) in [5.41, 5.74) is 5.62. The van der Waals surface area contributed by atoms with Gasteiger partial charge in [0, 0.05) is 61.4 Å². The fourth-order valence-corrected chi connectivity index (χ4v) is 5.83. The lowest BCUT2D eigenvalue weighted by atomic mass is 10.00. The molecule has 0 saturated carbocycles. The van der Waals surface area contributed by atoms with Crippen LogP contribution < -0.4 is 9.64 Å². The van der Waals surface area contributed by atoms with Crippen molar-refractivity contribution in [3.63, 3.8) is 0 Å². The molecule has 3 heterocycles. The number of rotatable bonds is 9. The van der Waals surface area contributed by atoms with E-state index in [4.69, 9.17) is 4.74 Å². The van der Waals surface area contributed by atoms with Crippen molar-refractivity contribution < 1.29 is 13.5 Å². The van der Waals surface area contributed by atoms with Crippen LogP contribution in [0.4, 0.5) is 14.5 Å². The standard InChI is InChI=1S/C36H34F2N4O.3ClH/c1-43-30-12-10-28(11-13-30)42(25-27-15-19-40-36(23-27)32-7-3-5-9-34(32)38)29-16-20-41(21-17-29)24-26-14-18-39-35(22-26)31-6-2-4-8-33(31)37;;;/h2-15,18-19,22-23,29H,16-17,20-21,24-25H2,1H3;3*1H. The van der Waals surface area contributed by atoms with Crippen molar-refractivity contribution in [3.8, 4) is 28.3 Å². The predicted octanol–water partition coefficient (Wildman–Crippen LogP) is 9.03. The maximum absolute atomic E-state index is 14.5. The van der Waals surface area contributed by atoms with E-state index in [9.17, 15) is 8.78 Å². The lowest BCUT2D eigenvalue weighted by Crippen LogP contribution is -2.44. The third-order valence-corrected chi connectivity index (χ3v) is 8.11. The Labute approximate surface area is 287 Å². The summed E-state index contributed by atoms with van der Waals surface area (Å²) in [6.45, 7) is 3.34. The smallest absolute Gasteiger partial charge is 0.132 e. The second-order valence-corrected chi connectivity index (χ2v) is 10.9. The van der Waals surface area contributed by atoms with E-state index in [2.05, 4.69) is 31.9 Å². The zero-order valence-electron chi connectivity index (χ0n) is 25.4. The van der Waals surface area contributed by atoms with E-state index in [0.29, 0.717) is 35.1 Å². The molecule has 1 saturated heterocycles. The van der Waals surface area contributed by atoms with Crippen LogP contribution in [0.15, 0.2) is 109 Å². The summed E-state index contributed by atoms with van der Waals surface area (Å²) in [5.74, 6) is 0.278. The number of hydrogen-bond acceptors (Lipinski definition) is 5. The summed E-state index contributed by atoms with van der Waals surface area (Å²) in [6.07, 6.45) is 5.50. The van der Waals surface area contributed by atoms with Gasteiger partial charge in [-0.2, -0.15) is 0 Å². The van der Waals surface area contributed by atoms with Crippen molar-refractivity contribution in [2.75, 3.05) is 25.1 Å². The van der Waals surface area contributed by atoms with Crippen LogP contribution >= 0.6 is 37.2 Å². The van der Waals surface area contributed by atoms with E-state index in [1.807, 2.05) is 48.5 Å². The number of halogens is 5. The maximum Gasteiger partial charge on any atom is 0.132 e. The summed E-state index contributed by atoms with van der Waals surface area (Å²) < 4.78 is 34.3. The molecule has 0 bridgehead atoms. The Morgan fingerprint density at radius 2 is 1.24 bits per heavy atom. The Hall–Kier alpha value is -3.75. The van der Waals surface area contributed by atoms with Gasteiger partial charge in [-0.1, -0.05) is 24.3 Å². The van der Waals surface area contributed by atoms with Crippen molar-refractivity contribution in [1.29, 1.82) is 0 Å². The Morgan fingerprint density at radius 3 is 1.78 bits per heavy atom. The first-order chi connectivity index (χ1) is 21.1. The first kappa shape index (κ1) is 36.7. The Morgan fingerprint density at radius 1 is 0.717 bits per heavy atom. The molecule has 0 amide bonds. The zero-order valence-corrected chi connectivity index (χ0v) is 27.8. The van der Waals surface area contributed by atoms with Gasteiger partial charge >= 0.3 is 0 Å². The molecule has 5 aromatic rings. The fourth-order valence-electron chi connectivity index (χ4n) is 5.83. The number of likely N-dealkylation sites (tertiary alicyclic amines) is 1. The number of nitrogens with zero attached hydrogens (tertiary/aromatic N) is 4. The average Bonchev–Trinajstić information content (AvgIpc) is 3.05. The molecule has 2 aromatic heterocycles. The molecule has 10 heteroatoms. The van der Waals surface area contributed by atoms with E-state index < -0.39 is 0 Å². The fraction of sp³-hybridized carbons (Fsp3) is 0.222. The largest absolute Gasteiger partial charge is 0.497 e. The van der Waals surface area contributed by atoms with Gasteiger partial charge in [0.25, 0.3) is 0 Å². The van der Waals surface area contributed by atoms with Crippen LogP contribution in [-0.4, -0.2) is 41.1 Å². The van der Waals surface area contributed by atoms with Crippen LogP contribution in [0.2, 0.25) is 0 Å². The number of aromatic nitrogens is 2. The first-order valence-corrected chi connectivity index (χ1v) is 14.6. The number of benzene rings is 3. The summed E-state index contributed by atoms with van der Waals surface area (Å²) in [4.78, 5) is 13.8. The van der Waals surface area contributed by atoms with Crippen molar-refractivity contribution in [2.45, 2.75) is 32.0 Å². The van der Waals surface area contributed by atoms with Crippen LogP contribution in [0.25, 0.3) is 22.5 Å². The molecule has 0 unspecified atom stereocenters. The van der Waals surface area contributed by atoms with Gasteiger partial charge in [-0.15, -0.1) is 37.2 Å². The molecular formula is C36H37Cl3F2N4O. The number of ether oxygens (including phenoxy) is 1. The lowest BCUT2D eigenvalue weighted by molar-refractivity contribution is 0.201. The highest BCUT2D eigenvalue weighted by Crippen LogP contribution is 2.30. The Kier molecular flexibility index (Phi) is 13.8. The molecule has 0 aliphatic carbocycles. The highest BCUT2D eigenvalue weighted by molar-refractivity contribution is 5.86. The minimum atomic E-state index is -0.276. The molecule has 5 nitrogen and oxygen atoms in total. The van der Waals surface area contributed by atoms with Gasteiger partial charge in [-0.05, 0) is 96.8 Å². The highest BCUT2D eigenvalue weighted by atomic mass is 35.5. The molecular weight excluding hydrogens is 649 g/mol. The van der Waals surface area contributed by atoms with Crippen LogP contribution in [0.3, 0.4) is 0 Å². The molecule has 3 aromatic carbocycles. The van der Waals surface area contributed by atoms with E-state index in [1.165, 1.54) is 12.1 Å². The van der Waals surface area contributed by atoms with Crippen molar-refractivity contribution >= 4 is 42.9 Å². The third kappa shape index (κ3) is 8.74. The quantitative estimate of drug-likeness (QED) is 0.155. The van der Waals surface area contributed by atoms with Gasteiger partial charge in [0.15, 0.2) is 0 Å². The number of hydrogen-bond donors (Lipinski definition) is 0. The Bertz CT molecular complexity index is 1680. The SMILES string of the molecule is COc1ccc(N(Cc2ccnc(-c3ccccc3F)c2)C2CCN(Cc3ccnc(-c4ccccc4F)c3)CC2)cc1.Cl.Cl.Cl. The highest BCUT2D eigenvalue weighted by Gasteiger charge is 2.26. The second-order valence-electron chi connectivity index (χ2n) is 10.9. The van der Waals surface area contributed by atoms with Crippen LogP contribution in [0.5, 0.6) is 5.75 Å². The molecule has 242 valence electrons. The minimum Gasteiger partial charge on any atom is -0.497 e. The zero-order chi connectivity index (χ0) is 29.6. The van der Waals surface area contributed by atoms with Crippen LogP contribution in [0.1, 0.15) is 24.0 Å². The second kappa shape index (κ2) is 17.2. The molecule has 1 aliphatic heterocycles. The molecule has 0 radical (unpaired) electrons. The van der Waals surface area contributed by atoms with Gasteiger partial charge in [0.05, 0.1) is 18.5 Å².